The fourth-order valence-electron chi connectivity index (χ4n) is 1.43. The molecule has 2 nitrogen and oxygen atoms in total. The summed E-state index contributed by atoms with van der Waals surface area (Å²) in [7, 11) is 0. The number of nitrogens with one attached hydrogen (secondary N) is 1. The van der Waals surface area contributed by atoms with Gasteiger partial charge in [-0.1, -0.05) is 23.2 Å². The number of ether oxygens (including phenoxy) is 1. The van der Waals surface area contributed by atoms with Gasteiger partial charge >= 0.3 is 0 Å². The van der Waals surface area contributed by atoms with Gasteiger partial charge in [0.25, 0.3) is 0 Å². The average molecular weight is 262 g/mol. The average Bonchev–Trinajstić information content (AvgIpc) is 2.23. The van der Waals surface area contributed by atoms with Gasteiger partial charge < -0.3 is 10.1 Å². The number of benzene rings is 1. The van der Waals surface area contributed by atoms with Crippen molar-refractivity contribution in [1.29, 1.82) is 0 Å². The van der Waals surface area contributed by atoms with Crippen LogP contribution in [-0.4, -0.2) is 19.3 Å². The molecule has 1 aromatic rings. The SMILES string of the molecule is CCOC(C)CNCc1cc(Cl)ccc1Cl. The Morgan fingerprint density at radius 3 is 2.81 bits per heavy atom. The maximum Gasteiger partial charge on any atom is 0.0671 e. The van der Waals surface area contributed by atoms with E-state index in [1.165, 1.54) is 0 Å². The molecule has 1 atom stereocenters. The van der Waals surface area contributed by atoms with Gasteiger partial charge in [-0.2, -0.15) is 0 Å². The normalized spacial score (nSPS) is 12.8. The second-order valence-corrected chi connectivity index (χ2v) is 4.48. The number of hydrogen-bond acceptors (Lipinski definition) is 2. The van der Waals surface area contributed by atoms with Gasteiger partial charge in [-0.05, 0) is 37.6 Å². The molecule has 0 fully saturated rings. The van der Waals surface area contributed by atoms with E-state index in [9.17, 15) is 0 Å². The lowest BCUT2D eigenvalue weighted by molar-refractivity contribution is 0.0759. The second-order valence-electron chi connectivity index (χ2n) is 3.63. The minimum atomic E-state index is 0.211. The molecule has 1 N–H and O–H groups in total. The van der Waals surface area contributed by atoms with Gasteiger partial charge in [0.15, 0.2) is 0 Å². The fraction of sp³-hybridized carbons (Fsp3) is 0.500. The first-order valence-corrected chi connectivity index (χ1v) is 6.15. The Hall–Kier alpha value is -0.280. The zero-order valence-electron chi connectivity index (χ0n) is 9.59. The molecule has 0 aliphatic heterocycles. The number of halogens is 2. The molecule has 0 spiro atoms. The quantitative estimate of drug-likeness (QED) is 0.847. The second kappa shape index (κ2) is 7.13. The third kappa shape index (κ3) is 4.71. The van der Waals surface area contributed by atoms with Crippen LogP contribution in [0.15, 0.2) is 18.2 Å². The molecule has 1 aromatic carbocycles. The molecule has 16 heavy (non-hydrogen) atoms. The van der Waals surface area contributed by atoms with Crippen LogP contribution in [0.5, 0.6) is 0 Å². The Morgan fingerprint density at radius 1 is 1.38 bits per heavy atom. The molecule has 0 saturated heterocycles. The van der Waals surface area contributed by atoms with Crippen LogP contribution >= 0.6 is 23.2 Å². The molecule has 90 valence electrons. The molecule has 0 aliphatic carbocycles. The summed E-state index contributed by atoms with van der Waals surface area (Å²) in [4.78, 5) is 0. The van der Waals surface area contributed by atoms with Crippen LogP contribution in [-0.2, 0) is 11.3 Å². The third-order valence-corrected chi connectivity index (χ3v) is 2.81. The molecule has 1 rings (SSSR count). The maximum absolute atomic E-state index is 6.04. The van der Waals surface area contributed by atoms with Crippen molar-refractivity contribution in [1.82, 2.24) is 5.32 Å². The van der Waals surface area contributed by atoms with Crippen LogP contribution in [0.3, 0.4) is 0 Å². The highest BCUT2D eigenvalue weighted by Crippen LogP contribution is 2.20. The zero-order valence-corrected chi connectivity index (χ0v) is 11.1. The molecule has 0 heterocycles. The summed E-state index contributed by atoms with van der Waals surface area (Å²) in [5, 5.41) is 4.73. The molecular formula is C12H17Cl2NO. The van der Waals surface area contributed by atoms with E-state index >= 15 is 0 Å². The molecule has 0 amide bonds. The highest BCUT2D eigenvalue weighted by molar-refractivity contribution is 6.33. The van der Waals surface area contributed by atoms with Crippen LogP contribution in [0.4, 0.5) is 0 Å². The van der Waals surface area contributed by atoms with Gasteiger partial charge in [0.2, 0.25) is 0 Å². The minimum absolute atomic E-state index is 0.211. The minimum Gasteiger partial charge on any atom is -0.377 e. The Balaban J connectivity index is 2.39. The highest BCUT2D eigenvalue weighted by Gasteiger charge is 2.03. The largest absolute Gasteiger partial charge is 0.377 e. The Bertz CT molecular complexity index is 331. The molecular weight excluding hydrogens is 245 g/mol. The lowest BCUT2D eigenvalue weighted by atomic mass is 10.2. The van der Waals surface area contributed by atoms with Crippen molar-refractivity contribution in [3.8, 4) is 0 Å². The van der Waals surface area contributed by atoms with Crippen molar-refractivity contribution in [3.05, 3.63) is 33.8 Å². The molecule has 0 bridgehead atoms. The van der Waals surface area contributed by atoms with E-state index in [1.807, 2.05) is 26.0 Å². The van der Waals surface area contributed by atoms with Crippen molar-refractivity contribution in [2.24, 2.45) is 0 Å². The maximum atomic E-state index is 6.04. The van der Waals surface area contributed by atoms with Gasteiger partial charge in [-0.25, -0.2) is 0 Å². The Morgan fingerprint density at radius 2 is 2.12 bits per heavy atom. The van der Waals surface area contributed by atoms with E-state index in [1.54, 1.807) is 6.07 Å². The summed E-state index contributed by atoms with van der Waals surface area (Å²) in [6, 6.07) is 5.48. The zero-order chi connectivity index (χ0) is 12.0. The van der Waals surface area contributed by atoms with E-state index < -0.39 is 0 Å². The predicted molar refractivity (Wildman–Crippen MR) is 69.3 cm³/mol. The number of hydrogen-bond donors (Lipinski definition) is 1. The van der Waals surface area contributed by atoms with E-state index in [2.05, 4.69) is 5.32 Å². The van der Waals surface area contributed by atoms with E-state index in [0.29, 0.717) is 11.6 Å². The van der Waals surface area contributed by atoms with Gasteiger partial charge in [0.05, 0.1) is 6.10 Å². The van der Waals surface area contributed by atoms with E-state index in [0.717, 1.165) is 23.7 Å². The van der Waals surface area contributed by atoms with Crippen LogP contribution in [0.2, 0.25) is 10.0 Å². The summed E-state index contributed by atoms with van der Waals surface area (Å²) >= 11 is 11.9. The van der Waals surface area contributed by atoms with Crippen LogP contribution in [0, 0.1) is 0 Å². The smallest absolute Gasteiger partial charge is 0.0671 e. The topological polar surface area (TPSA) is 21.3 Å². The molecule has 0 saturated carbocycles. The van der Waals surface area contributed by atoms with Gasteiger partial charge in [0, 0.05) is 29.7 Å². The first kappa shape index (κ1) is 13.8. The number of rotatable bonds is 6. The summed E-state index contributed by atoms with van der Waals surface area (Å²) in [5.74, 6) is 0. The summed E-state index contributed by atoms with van der Waals surface area (Å²) in [5.41, 5.74) is 1.01. The van der Waals surface area contributed by atoms with Gasteiger partial charge in [0.1, 0.15) is 0 Å². The highest BCUT2D eigenvalue weighted by atomic mass is 35.5. The van der Waals surface area contributed by atoms with Crippen LogP contribution in [0.25, 0.3) is 0 Å². The van der Waals surface area contributed by atoms with Crippen LogP contribution in [0.1, 0.15) is 19.4 Å². The van der Waals surface area contributed by atoms with E-state index in [4.69, 9.17) is 27.9 Å². The van der Waals surface area contributed by atoms with Crippen LogP contribution < -0.4 is 5.32 Å². The first-order chi connectivity index (χ1) is 7.63. The summed E-state index contributed by atoms with van der Waals surface area (Å²) in [6.45, 7) is 6.27. The van der Waals surface area contributed by atoms with E-state index in [-0.39, 0.29) is 6.10 Å². The predicted octanol–water partition coefficient (Wildman–Crippen LogP) is 3.51. The van der Waals surface area contributed by atoms with Crippen molar-refractivity contribution in [2.45, 2.75) is 26.5 Å². The molecule has 0 radical (unpaired) electrons. The van der Waals surface area contributed by atoms with Gasteiger partial charge in [-0.15, -0.1) is 0 Å². The van der Waals surface area contributed by atoms with Crippen molar-refractivity contribution < 1.29 is 4.74 Å². The lowest BCUT2D eigenvalue weighted by Crippen LogP contribution is -2.26. The standard InChI is InChI=1S/C12H17Cl2NO/c1-3-16-9(2)7-15-8-10-6-11(13)4-5-12(10)14/h4-6,9,15H,3,7-8H2,1-2H3. The molecule has 0 aromatic heterocycles. The third-order valence-electron chi connectivity index (χ3n) is 2.21. The van der Waals surface area contributed by atoms with Crippen molar-refractivity contribution >= 4 is 23.2 Å². The van der Waals surface area contributed by atoms with Gasteiger partial charge in [-0.3, -0.25) is 0 Å². The Labute approximate surface area is 107 Å². The Kier molecular flexibility index (Phi) is 6.14. The first-order valence-electron chi connectivity index (χ1n) is 5.39. The molecule has 1 unspecified atom stereocenters. The van der Waals surface area contributed by atoms with Crippen molar-refractivity contribution in [3.63, 3.8) is 0 Å². The summed E-state index contributed by atoms with van der Waals surface area (Å²) < 4.78 is 5.41. The molecule has 4 heteroatoms. The van der Waals surface area contributed by atoms with Crippen molar-refractivity contribution in [2.75, 3.05) is 13.2 Å². The molecule has 0 aliphatic rings. The summed E-state index contributed by atoms with van der Waals surface area (Å²) in [6.07, 6.45) is 0.211. The monoisotopic (exact) mass is 261 g/mol. The fourth-order valence-corrected chi connectivity index (χ4v) is 1.81. The lowest BCUT2D eigenvalue weighted by Gasteiger charge is -2.13.